The van der Waals surface area contributed by atoms with E-state index >= 15 is 0 Å². The van der Waals surface area contributed by atoms with E-state index in [-0.39, 0.29) is 11.8 Å². The summed E-state index contributed by atoms with van der Waals surface area (Å²) in [6, 6.07) is 3.79. The molecule has 1 amide bonds. The van der Waals surface area contributed by atoms with Gasteiger partial charge in [-0.15, -0.1) is 0 Å². The van der Waals surface area contributed by atoms with E-state index in [1.54, 1.807) is 31.0 Å². The fraction of sp³-hybridized carbons (Fsp3) is 0.381. The molecule has 28 heavy (non-hydrogen) atoms. The third-order valence-electron chi connectivity index (χ3n) is 5.23. The molecule has 0 spiro atoms. The van der Waals surface area contributed by atoms with Gasteiger partial charge in [-0.05, 0) is 30.5 Å². The first kappa shape index (κ1) is 18.3. The number of pyridine rings is 1. The molecule has 1 aliphatic rings. The van der Waals surface area contributed by atoms with Crippen LogP contribution >= 0.6 is 0 Å². The first-order chi connectivity index (χ1) is 13.8. The lowest BCUT2D eigenvalue weighted by molar-refractivity contribution is -0.131. The molecule has 3 aromatic heterocycles. The van der Waals surface area contributed by atoms with Crippen LogP contribution in [0.3, 0.4) is 0 Å². The fourth-order valence-electron chi connectivity index (χ4n) is 3.82. The SMILES string of the molecule is CCc1nccn1-c1nccnc1C1CCCN(C(=O)Cc2ccncc2)C1. The van der Waals surface area contributed by atoms with Crippen molar-refractivity contribution in [1.82, 2.24) is 29.4 Å². The van der Waals surface area contributed by atoms with Gasteiger partial charge in [-0.1, -0.05) is 6.92 Å². The summed E-state index contributed by atoms with van der Waals surface area (Å²) < 4.78 is 2.01. The largest absolute Gasteiger partial charge is 0.342 e. The van der Waals surface area contributed by atoms with Crippen LogP contribution in [0.2, 0.25) is 0 Å². The minimum absolute atomic E-state index is 0.151. The highest BCUT2D eigenvalue weighted by atomic mass is 16.2. The summed E-state index contributed by atoms with van der Waals surface area (Å²) in [6.45, 7) is 3.54. The van der Waals surface area contributed by atoms with Gasteiger partial charge in [0.25, 0.3) is 0 Å². The summed E-state index contributed by atoms with van der Waals surface area (Å²) >= 11 is 0. The van der Waals surface area contributed by atoms with Gasteiger partial charge >= 0.3 is 0 Å². The van der Waals surface area contributed by atoms with Gasteiger partial charge in [-0.3, -0.25) is 19.3 Å². The molecule has 7 nitrogen and oxygen atoms in total. The molecule has 1 aliphatic heterocycles. The number of rotatable bonds is 5. The van der Waals surface area contributed by atoms with Crippen LogP contribution in [0, 0.1) is 0 Å². The summed E-state index contributed by atoms with van der Waals surface area (Å²) in [7, 11) is 0. The van der Waals surface area contributed by atoms with Crippen molar-refractivity contribution in [3.63, 3.8) is 0 Å². The van der Waals surface area contributed by atoms with Crippen LogP contribution in [0.4, 0.5) is 0 Å². The van der Waals surface area contributed by atoms with Crippen LogP contribution in [0.1, 0.15) is 42.8 Å². The molecule has 1 saturated heterocycles. The average molecular weight is 376 g/mol. The molecule has 4 heterocycles. The van der Waals surface area contributed by atoms with Crippen molar-refractivity contribution in [3.05, 3.63) is 66.4 Å². The highest BCUT2D eigenvalue weighted by Crippen LogP contribution is 2.29. The Hall–Kier alpha value is -3.09. The number of carbonyl (C=O) groups is 1. The van der Waals surface area contributed by atoms with Crippen molar-refractivity contribution in [2.45, 2.75) is 38.5 Å². The number of aryl methyl sites for hydroxylation is 1. The van der Waals surface area contributed by atoms with Crippen molar-refractivity contribution in [2.75, 3.05) is 13.1 Å². The maximum atomic E-state index is 12.8. The van der Waals surface area contributed by atoms with Gasteiger partial charge in [0, 0.05) is 62.6 Å². The second-order valence-electron chi connectivity index (χ2n) is 7.04. The summed E-state index contributed by atoms with van der Waals surface area (Å²) in [5, 5.41) is 0. The fourth-order valence-corrected chi connectivity index (χ4v) is 3.82. The predicted molar refractivity (Wildman–Crippen MR) is 105 cm³/mol. The van der Waals surface area contributed by atoms with Crippen molar-refractivity contribution in [1.29, 1.82) is 0 Å². The first-order valence-corrected chi connectivity index (χ1v) is 9.76. The number of imidazole rings is 1. The van der Waals surface area contributed by atoms with Gasteiger partial charge in [0.1, 0.15) is 5.82 Å². The van der Waals surface area contributed by atoms with Crippen LogP contribution in [-0.2, 0) is 17.6 Å². The smallest absolute Gasteiger partial charge is 0.227 e. The third kappa shape index (κ3) is 3.78. The number of nitrogens with zero attached hydrogens (tertiary/aromatic N) is 6. The van der Waals surface area contributed by atoms with Crippen molar-refractivity contribution in [2.24, 2.45) is 0 Å². The lowest BCUT2D eigenvalue weighted by Crippen LogP contribution is -2.40. The van der Waals surface area contributed by atoms with Crippen molar-refractivity contribution < 1.29 is 4.79 Å². The summed E-state index contributed by atoms with van der Waals surface area (Å²) in [4.78, 5) is 32.4. The van der Waals surface area contributed by atoms with Crippen molar-refractivity contribution >= 4 is 5.91 Å². The van der Waals surface area contributed by atoms with E-state index in [2.05, 4.69) is 26.9 Å². The standard InChI is InChI=1S/C21H24N6O/c1-2-18-23-11-13-27(18)21-20(24-9-10-25-21)17-4-3-12-26(15-17)19(28)14-16-5-7-22-8-6-16/h5-11,13,17H,2-4,12,14-15H2,1H3. The molecule has 7 heteroatoms. The topological polar surface area (TPSA) is 76.8 Å². The number of piperidine rings is 1. The van der Waals surface area contributed by atoms with Crippen molar-refractivity contribution in [3.8, 4) is 5.82 Å². The molecule has 0 radical (unpaired) electrons. The molecule has 1 unspecified atom stereocenters. The van der Waals surface area contributed by atoms with E-state index in [1.165, 1.54) is 0 Å². The number of amides is 1. The zero-order valence-electron chi connectivity index (χ0n) is 16.0. The number of carbonyl (C=O) groups excluding carboxylic acids is 1. The summed E-state index contributed by atoms with van der Waals surface area (Å²) in [5.74, 6) is 2.11. The van der Waals surface area contributed by atoms with Gasteiger partial charge in [0.05, 0.1) is 12.1 Å². The normalized spacial score (nSPS) is 16.9. The Morgan fingerprint density at radius 1 is 1.11 bits per heavy atom. The molecule has 0 bridgehead atoms. The molecule has 0 aromatic carbocycles. The second kappa shape index (κ2) is 8.29. The molecular formula is C21H24N6O. The van der Waals surface area contributed by atoms with E-state index in [4.69, 9.17) is 0 Å². The van der Waals surface area contributed by atoms with Gasteiger partial charge < -0.3 is 4.90 Å². The highest BCUT2D eigenvalue weighted by molar-refractivity contribution is 5.78. The molecule has 4 rings (SSSR count). The summed E-state index contributed by atoms with van der Waals surface area (Å²) in [5.41, 5.74) is 1.94. The zero-order valence-corrected chi connectivity index (χ0v) is 16.0. The van der Waals surface area contributed by atoms with Crippen LogP contribution in [0.15, 0.2) is 49.3 Å². The lowest BCUT2D eigenvalue weighted by atomic mass is 9.93. The van der Waals surface area contributed by atoms with E-state index in [9.17, 15) is 4.79 Å². The Labute approximate surface area is 164 Å². The molecule has 0 N–H and O–H groups in total. The Bertz CT molecular complexity index is 939. The number of hydrogen-bond acceptors (Lipinski definition) is 5. The maximum absolute atomic E-state index is 12.8. The Morgan fingerprint density at radius 3 is 2.75 bits per heavy atom. The zero-order chi connectivity index (χ0) is 19.3. The summed E-state index contributed by atoms with van der Waals surface area (Å²) in [6.07, 6.45) is 13.8. The second-order valence-corrected chi connectivity index (χ2v) is 7.04. The maximum Gasteiger partial charge on any atom is 0.227 e. The van der Waals surface area contributed by atoms with Crippen LogP contribution in [0.25, 0.3) is 5.82 Å². The lowest BCUT2D eigenvalue weighted by Gasteiger charge is -2.33. The van der Waals surface area contributed by atoms with E-state index in [1.807, 2.05) is 27.8 Å². The monoisotopic (exact) mass is 376 g/mol. The van der Waals surface area contributed by atoms with E-state index in [0.717, 1.165) is 48.7 Å². The molecule has 1 fully saturated rings. The Morgan fingerprint density at radius 2 is 1.93 bits per heavy atom. The van der Waals surface area contributed by atoms with Crippen LogP contribution in [0.5, 0.6) is 0 Å². The van der Waals surface area contributed by atoms with Gasteiger partial charge in [0.2, 0.25) is 5.91 Å². The van der Waals surface area contributed by atoms with Crippen LogP contribution in [-0.4, -0.2) is 48.4 Å². The Kier molecular flexibility index (Phi) is 5.41. The van der Waals surface area contributed by atoms with Gasteiger partial charge in [0.15, 0.2) is 5.82 Å². The third-order valence-corrected chi connectivity index (χ3v) is 5.23. The molecule has 3 aromatic rings. The predicted octanol–water partition coefficient (Wildman–Crippen LogP) is 2.57. The van der Waals surface area contributed by atoms with Crippen LogP contribution < -0.4 is 0 Å². The molecular weight excluding hydrogens is 352 g/mol. The Balaban J connectivity index is 1.55. The quantitative estimate of drug-likeness (QED) is 0.684. The first-order valence-electron chi connectivity index (χ1n) is 9.76. The molecule has 1 atom stereocenters. The van der Waals surface area contributed by atoms with E-state index < -0.39 is 0 Å². The average Bonchev–Trinajstić information content (AvgIpc) is 3.23. The number of likely N-dealkylation sites (tertiary alicyclic amines) is 1. The van der Waals surface area contributed by atoms with Gasteiger partial charge in [-0.25, -0.2) is 9.97 Å². The molecule has 0 aliphatic carbocycles. The molecule has 144 valence electrons. The highest BCUT2D eigenvalue weighted by Gasteiger charge is 2.28. The van der Waals surface area contributed by atoms with E-state index in [0.29, 0.717) is 13.0 Å². The molecule has 0 saturated carbocycles. The van der Waals surface area contributed by atoms with Gasteiger partial charge in [-0.2, -0.15) is 0 Å². The minimum atomic E-state index is 0.151. The minimum Gasteiger partial charge on any atom is -0.342 e. The number of aromatic nitrogens is 5. The number of hydrogen-bond donors (Lipinski definition) is 0.